The van der Waals surface area contributed by atoms with Gasteiger partial charge in [0.1, 0.15) is 17.6 Å². The number of benzene rings is 2. The van der Waals surface area contributed by atoms with E-state index in [9.17, 15) is 4.39 Å². The van der Waals surface area contributed by atoms with Gasteiger partial charge in [-0.1, -0.05) is 17.7 Å². The van der Waals surface area contributed by atoms with Crippen LogP contribution in [0.15, 0.2) is 85.2 Å². The van der Waals surface area contributed by atoms with E-state index in [4.69, 9.17) is 28.6 Å². The van der Waals surface area contributed by atoms with Crippen LogP contribution in [0.1, 0.15) is 23.5 Å². The molecular weight excluding hydrogens is 459 g/mol. The highest BCUT2D eigenvalue weighted by Crippen LogP contribution is 2.42. The maximum absolute atomic E-state index is 13.8. The fourth-order valence-electron chi connectivity index (χ4n) is 4.18. The molecule has 0 bridgehead atoms. The molecule has 5 rings (SSSR count). The number of nitrogens with one attached hydrogen (secondary N) is 1. The number of ether oxygens (including phenoxy) is 1. The molecule has 1 aliphatic heterocycles. The summed E-state index contributed by atoms with van der Waals surface area (Å²) in [6.07, 6.45) is 3.70. The standard InChI is InChI=1S/C25H20ClFN4OS/c1-32-18-10-7-16(8-11-18)31-24(23(29-25(31)33)21-5-2-3-13-28-21)22-6-4-14-30(22)17-9-12-20(27)19(26)15-17/h2-15,23-24H,1H3,(H,29,33)/t23-,24-/m0/s1. The molecule has 2 atom stereocenters. The highest BCUT2D eigenvalue weighted by molar-refractivity contribution is 7.80. The van der Waals surface area contributed by atoms with Gasteiger partial charge in [-0.25, -0.2) is 4.39 Å². The largest absolute Gasteiger partial charge is 0.497 e. The minimum atomic E-state index is -0.455. The van der Waals surface area contributed by atoms with Crippen molar-refractivity contribution in [2.45, 2.75) is 12.1 Å². The normalized spacial score (nSPS) is 17.8. The van der Waals surface area contributed by atoms with Crippen LogP contribution in [-0.4, -0.2) is 21.8 Å². The number of rotatable bonds is 5. The maximum atomic E-state index is 13.8. The van der Waals surface area contributed by atoms with Gasteiger partial charge in [-0.15, -0.1) is 0 Å². The molecule has 2 aromatic heterocycles. The first kappa shape index (κ1) is 21.4. The van der Waals surface area contributed by atoms with Crippen LogP contribution in [0.3, 0.4) is 0 Å². The molecule has 0 unspecified atom stereocenters. The van der Waals surface area contributed by atoms with E-state index in [1.807, 2.05) is 65.4 Å². The van der Waals surface area contributed by atoms with Crippen molar-refractivity contribution >= 4 is 34.6 Å². The fourth-order valence-corrected chi connectivity index (χ4v) is 4.70. The third kappa shape index (κ3) is 3.94. The van der Waals surface area contributed by atoms with Crippen molar-refractivity contribution in [1.82, 2.24) is 14.9 Å². The van der Waals surface area contributed by atoms with Crippen molar-refractivity contribution in [1.29, 1.82) is 0 Å². The van der Waals surface area contributed by atoms with E-state index < -0.39 is 5.82 Å². The van der Waals surface area contributed by atoms with Crippen molar-refractivity contribution in [2.24, 2.45) is 0 Å². The molecule has 0 aliphatic carbocycles. The van der Waals surface area contributed by atoms with Crippen LogP contribution >= 0.6 is 23.8 Å². The number of halogens is 2. The van der Waals surface area contributed by atoms with Crippen molar-refractivity contribution in [2.75, 3.05) is 12.0 Å². The summed E-state index contributed by atoms with van der Waals surface area (Å²) in [4.78, 5) is 6.66. The predicted molar refractivity (Wildman–Crippen MR) is 132 cm³/mol. The molecule has 1 fully saturated rings. The molecule has 1 saturated heterocycles. The molecule has 33 heavy (non-hydrogen) atoms. The molecule has 0 amide bonds. The Hall–Kier alpha value is -3.42. The zero-order valence-corrected chi connectivity index (χ0v) is 19.2. The molecule has 5 nitrogen and oxygen atoms in total. The van der Waals surface area contributed by atoms with Crippen LogP contribution in [0.2, 0.25) is 5.02 Å². The quantitative estimate of drug-likeness (QED) is 0.364. The SMILES string of the molecule is COc1ccc(N2C(=S)N[C@@H](c3ccccn3)[C@@H]2c2cccn2-c2ccc(F)c(Cl)c2)cc1. The van der Waals surface area contributed by atoms with Gasteiger partial charge in [-0.3, -0.25) is 4.98 Å². The van der Waals surface area contributed by atoms with E-state index >= 15 is 0 Å². The van der Waals surface area contributed by atoms with Gasteiger partial charge in [0.2, 0.25) is 0 Å². The molecule has 0 saturated carbocycles. The number of methoxy groups -OCH3 is 1. The Morgan fingerprint density at radius 3 is 2.52 bits per heavy atom. The van der Waals surface area contributed by atoms with Crippen LogP contribution in [-0.2, 0) is 0 Å². The molecule has 0 radical (unpaired) electrons. The molecule has 8 heteroatoms. The number of thiocarbonyl (C=S) groups is 1. The van der Waals surface area contributed by atoms with Gasteiger partial charge in [0.25, 0.3) is 0 Å². The number of anilines is 1. The van der Waals surface area contributed by atoms with E-state index in [2.05, 4.69) is 15.2 Å². The number of nitrogens with zero attached hydrogens (tertiary/aromatic N) is 3. The molecule has 0 spiro atoms. The van der Waals surface area contributed by atoms with Gasteiger partial charge in [-0.2, -0.15) is 0 Å². The molecule has 1 N–H and O–H groups in total. The van der Waals surface area contributed by atoms with Gasteiger partial charge in [0.15, 0.2) is 5.11 Å². The Kier molecular flexibility index (Phi) is 5.74. The average molecular weight is 479 g/mol. The zero-order chi connectivity index (χ0) is 22.9. The van der Waals surface area contributed by atoms with Gasteiger partial charge < -0.3 is 19.5 Å². The molecule has 166 valence electrons. The first-order valence-corrected chi connectivity index (χ1v) is 11.1. The molecular formula is C25H20ClFN4OS. The van der Waals surface area contributed by atoms with Crippen molar-refractivity contribution in [3.63, 3.8) is 0 Å². The monoisotopic (exact) mass is 478 g/mol. The summed E-state index contributed by atoms with van der Waals surface area (Å²) in [6, 6.07) is 21.8. The summed E-state index contributed by atoms with van der Waals surface area (Å²) >= 11 is 11.9. The maximum Gasteiger partial charge on any atom is 0.174 e. The lowest BCUT2D eigenvalue weighted by Crippen LogP contribution is -2.30. The van der Waals surface area contributed by atoms with Gasteiger partial charge in [0.05, 0.1) is 23.9 Å². The highest BCUT2D eigenvalue weighted by atomic mass is 35.5. The molecule has 4 aromatic rings. The Bertz CT molecular complexity index is 1300. The van der Waals surface area contributed by atoms with E-state index in [0.29, 0.717) is 5.11 Å². The number of pyridine rings is 1. The highest BCUT2D eigenvalue weighted by Gasteiger charge is 2.42. The Morgan fingerprint density at radius 2 is 1.82 bits per heavy atom. The average Bonchev–Trinajstić information content (AvgIpc) is 3.46. The van der Waals surface area contributed by atoms with Crippen LogP contribution in [0.5, 0.6) is 5.75 Å². The van der Waals surface area contributed by atoms with Crippen LogP contribution in [0.4, 0.5) is 10.1 Å². The van der Waals surface area contributed by atoms with Crippen LogP contribution < -0.4 is 15.0 Å². The fraction of sp³-hybridized carbons (Fsp3) is 0.120. The van der Waals surface area contributed by atoms with E-state index in [1.165, 1.54) is 6.07 Å². The summed E-state index contributed by atoms with van der Waals surface area (Å²) in [7, 11) is 1.64. The summed E-state index contributed by atoms with van der Waals surface area (Å²) in [6.45, 7) is 0. The lowest BCUT2D eigenvalue weighted by molar-refractivity contribution is 0.415. The third-order valence-corrected chi connectivity index (χ3v) is 6.32. The Morgan fingerprint density at radius 1 is 1.03 bits per heavy atom. The lowest BCUT2D eigenvalue weighted by Gasteiger charge is -2.29. The summed E-state index contributed by atoms with van der Waals surface area (Å²) < 4.78 is 21.1. The summed E-state index contributed by atoms with van der Waals surface area (Å²) in [5.74, 6) is 0.308. The Labute approximate surface area is 201 Å². The van der Waals surface area contributed by atoms with E-state index in [-0.39, 0.29) is 17.1 Å². The minimum Gasteiger partial charge on any atom is -0.497 e. The smallest absolute Gasteiger partial charge is 0.174 e. The molecule has 2 aromatic carbocycles. The van der Waals surface area contributed by atoms with Crippen molar-refractivity contribution in [3.8, 4) is 11.4 Å². The topological polar surface area (TPSA) is 42.3 Å². The second kappa shape index (κ2) is 8.84. The minimum absolute atomic E-state index is 0.0699. The van der Waals surface area contributed by atoms with Gasteiger partial charge in [0, 0.05) is 29.5 Å². The number of hydrogen-bond donors (Lipinski definition) is 1. The Balaban J connectivity index is 1.65. The third-order valence-electron chi connectivity index (χ3n) is 5.71. The second-order valence-electron chi connectivity index (χ2n) is 7.60. The van der Waals surface area contributed by atoms with Gasteiger partial charge >= 0.3 is 0 Å². The second-order valence-corrected chi connectivity index (χ2v) is 8.39. The summed E-state index contributed by atoms with van der Waals surface area (Å²) in [5.41, 5.74) is 3.50. The molecule has 1 aliphatic rings. The lowest BCUT2D eigenvalue weighted by atomic mass is 10.0. The van der Waals surface area contributed by atoms with Crippen molar-refractivity contribution in [3.05, 3.63) is 107 Å². The number of hydrogen-bond acceptors (Lipinski definition) is 3. The first-order valence-electron chi connectivity index (χ1n) is 10.3. The number of aromatic nitrogens is 2. The van der Waals surface area contributed by atoms with Crippen LogP contribution in [0.25, 0.3) is 5.69 Å². The van der Waals surface area contributed by atoms with E-state index in [1.54, 1.807) is 25.4 Å². The first-order chi connectivity index (χ1) is 16.1. The van der Waals surface area contributed by atoms with Gasteiger partial charge in [-0.05, 0) is 78.9 Å². The summed E-state index contributed by atoms with van der Waals surface area (Å²) in [5, 5.41) is 4.11. The van der Waals surface area contributed by atoms with Crippen LogP contribution in [0, 0.1) is 5.82 Å². The van der Waals surface area contributed by atoms with E-state index in [0.717, 1.165) is 28.5 Å². The zero-order valence-electron chi connectivity index (χ0n) is 17.7. The molecule has 3 heterocycles. The van der Waals surface area contributed by atoms with Crippen molar-refractivity contribution < 1.29 is 9.13 Å². The predicted octanol–water partition coefficient (Wildman–Crippen LogP) is 5.85.